The molecule has 0 unspecified atom stereocenters. The van der Waals surface area contributed by atoms with Crippen molar-refractivity contribution in [1.29, 1.82) is 0 Å². The number of para-hydroxylation sites is 1. The zero-order valence-corrected chi connectivity index (χ0v) is 14.6. The number of carbonyl (C=O) groups excluding carboxylic acids is 2. The zero-order valence-electron chi connectivity index (χ0n) is 14.6. The van der Waals surface area contributed by atoms with E-state index in [-0.39, 0.29) is 12.3 Å². The van der Waals surface area contributed by atoms with Crippen LogP contribution in [-0.2, 0) is 0 Å². The molecule has 0 saturated carbocycles. The first-order valence-electron chi connectivity index (χ1n) is 8.47. The summed E-state index contributed by atoms with van der Waals surface area (Å²) in [5.74, 6) is -0.180. The van der Waals surface area contributed by atoms with Gasteiger partial charge in [-0.05, 0) is 48.5 Å². The number of urea groups is 1. The second-order valence-electron chi connectivity index (χ2n) is 5.86. The molecule has 2 amide bonds. The van der Waals surface area contributed by atoms with Crippen LogP contribution in [0.1, 0.15) is 10.4 Å². The van der Waals surface area contributed by atoms with Gasteiger partial charge in [-0.3, -0.25) is 4.79 Å². The quantitative estimate of drug-likeness (QED) is 0.495. The highest BCUT2D eigenvalue weighted by atomic mass is 16.2. The number of anilines is 4. The molecule has 3 rings (SSSR count). The monoisotopic (exact) mass is 360 g/mol. The molecule has 0 heterocycles. The number of nitrogens with one attached hydrogen (secondary N) is 3. The van der Waals surface area contributed by atoms with Gasteiger partial charge >= 0.3 is 6.03 Å². The largest absolute Gasteiger partial charge is 0.356 e. The maximum atomic E-state index is 12.2. The molecule has 27 heavy (non-hydrogen) atoms. The number of Topliss-reactive ketones (excluding diaryl/α,β-unsaturated/α-hetero) is 1. The van der Waals surface area contributed by atoms with Crippen molar-refractivity contribution in [3.8, 4) is 0 Å². The van der Waals surface area contributed by atoms with Gasteiger partial charge in [0.05, 0.1) is 6.54 Å². The fourth-order valence-electron chi connectivity index (χ4n) is 2.51. The maximum absolute atomic E-state index is 12.2. The maximum Gasteiger partial charge on any atom is 0.323 e. The third-order valence-corrected chi connectivity index (χ3v) is 3.83. The highest BCUT2D eigenvalue weighted by molar-refractivity contribution is 6.02. The lowest BCUT2D eigenvalue weighted by molar-refractivity contribution is 0.100. The molecule has 0 bridgehead atoms. The Morgan fingerprint density at radius 2 is 1.30 bits per heavy atom. The van der Waals surface area contributed by atoms with E-state index < -0.39 is 6.03 Å². The fourth-order valence-corrected chi connectivity index (χ4v) is 2.51. The summed E-state index contributed by atoms with van der Waals surface area (Å²) in [6.07, 6.45) is 0. The Kier molecular flexibility index (Phi) is 5.81. The van der Waals surface area contributed by atoms with Gasteiger partial charge in [0, 0.05) is 28.3 Å². The smallest absolute Gasteiger partial charge is 0.323 e. The van der Waals surface area contributed by atoms with Gasteiger partial charge in [-0.1, -0.05) is 30.3 Å². The first-order chi connectivity index (χ1) is 13.1. The molecule has 0 aliphatic rings. The van der Waals surface area contributed by atoms with Crippen LogP contribution in [0, 0.1) is 0 Å². The van der Waals surface area contributed by atoms with Crippen LogP contribution in [0.2, 0.25) is 0 Å². The summed E-state index contributed by atoms with van der Waals surface area (Å²) in [6.45, 7) is -0.0704. The molecule has 0 aromatic heterocycles. The Bertz CT molecular complexity index is 924. The number of hydrogen-bond donors (Lipinski definition) is 4. The first-order valence-corrected chi connectivity index (χ1v) is 8.47. The molecule has 0 aliphatic heterocycles. The van der Waals surface area contributed by atoms with E-state index in [0.29, 0.717) is 16.9 Å². The number of hydrogen-bond acceptors (Lipinski definition) is 4. The molecule has 0 atom stereocenters. The van der Waals surface area contributed by atoms with Crippen LogP contribution in [0.3, 0.4) is 0 Å². The Balaban J connectivity index is 1.59. The second-order valence-corrected chi connectivity index (χ2v) is 5.86. The van der Waals surface area contributed by atoms with Crippen molar-refractivity contribution in [3.05, 3.63) is 84.4 Å². The number of benzene rings is 3. The van der Waals surface area contributed by atoms with Crippen LogP contribution in [0.25, 0.3) is 0 Å². The van der Waals surface area contributed by atoms with Gasteiger partial charge in [0.1, 0.15) is 0 Å². The highest BCUT2D eigenvalue weighted by Gasteiger charge is 2.07. The zero-order chi connectivity index (χ0) is 19.1. The molecule has 0 spiro atoms. The Morgan fingerprint density at radius 3 is 2.00 bits per heavy atom. The molecular formula is C21H20N4O2. The van der Waals surface area contributed by atoms with Crippen LogP contribution in [0.15, 0.2) is 78.9 Å². The second kappa shape index (κ2) is 8.64. The summed E-state index contributed by atoms with van der Waals surface area (Å²) in [6, 6.07) is 23.5. The summed E-state index contributed by atoms with van der Waals surface area (Å²) in [5.41, 5.74) is 8.91. The number of nitrogens with two attached hydrogens (primary N) is 1. The van der Waals surface area contributed by atoms with Crippen LogP contribution >= 0.6 is 0 Å². The van der Waals surface area contributed by atoms with E-state index >= 15 is 0 Å². The van der Waals surface area contributed by atoms with Crippen molar-refractivity contribution >= 4 is 34.6 Å². The minimum Gasteiger partial charge on any atom is -0.356 e. The lowest BCUT2D eigenvalue weighted by Crippen LogP contribution is -2.20. The van der Waals surface area contributed by atoms with Crippen LogP contribution < -0.4 is 21.7 Å². The molecule has 5 N–H and O–H groups in total. The van der Waals surface area contributed by atoms with Crippen molar-refractivity contribution in [2.45, 2.75) is 0 Å². The molecule has 136 valence electrons. The fraction of sp³-hybridized carbons (Fsp3) is 0.0476. The number of amides is 2. The minimum atomic E-state index is -0.392. The number of rotatable bonds is 6. The van der Waals surface area contributed by atoms with Gasteiger partial charge < -0.3 is 21.7 Å². The van der Waals surface area contributed by atoms with E-state index in [9.17, 15) is 9.59 Å². The normalized spacial score (nSPS) is 10.1. The van der Waals surface area contributed by atoms with Crippen molar-refractivity contribution in [2.75, 3.05) is 22.5 Å². The van der Waals surface area contributed by atoms with E-state index in [1.165, 1.54) is 0 Å². The highest BCUT2D eigenvalue weighted by Crippen LogP contribution is 2.19. The molecule has 0 saturated heterocycles. The summed E-state index contributed by atoms with van der Waals surface area (Å²) < 4.78 is 0. The average Bonchev–Trinajstić information content (AvgIpc) is 2.70. The lowest BCUT2D eigenvalue weighted by Gasteiger charge is -2.10. The molecule has 0 aliphatic carbocycles. The standard InChI is InChI=1S/C21H20N4O2/c22-14-20(26)15-5-4-8-19(13-15)25-21(27)24-18-11-9-17(10-12-18)23-16-6-2-1-3-7-16/h1-13,23H,14,22H2,(H2,24,25,27). The van der Waals surface area contributed by atoms with Gasteiger partial charge in [0.25, 0.3) is 0 Å². The summed E-state index contributed by atoms with van der Waals surface area (Å²) in [7, 11) is 0. The van der Waals surface area contributed by atoms with Gasteiger partial charge in [-0.2, -0.15) is 0 Å². The van der Waals surface area contributed by atoms with Gasteiger partial charge in [-0.25, -0.2) is 4.79 Å². The molecule has 6 nitrogen and oxygen atoms in total. The summed E-state index contributed by atoms with van der Waals surface area (Å²) in [4.78, 5) is 23.8. The third kappa shape index (κ3) is 5.17. The molecular weight excluding hydrogens is 340 g/mol. The minimum absolute atomic E-state index is 0.0704. The summed E-state index contributed by atoms with van der Waals surface area (Å²) in [5, 5.41) is 8.74. The third-order valence-electron chi connectivity index (χ3n) is 3.83. The molecule has 3 aromatic carbocycles. The molecule has 0 fully saturated rings. The van der Waals surface area contributed by atoms with E-state index in [0.717, 1.165) is 11.4 Å². The molecule has 0 radical (unpaired) electrons. The lowest BCUT2D eigenvalue weighted by atomic mass is 10.1. The van der Waals surface area contributed by atoms with E-state index in [4.69, 9.17) is 5.73 Å². The van der Waals surface area contributed by atoms with E-state index in [1.807, 2.05) is 42.5 Å². The Morgan fingerprint density at radius 1 is 0.704 bits per heavy atom. The van der Waals surface area contributed by atoms with Crippen LogP contribution in [0.4, 0.5) is 27.5 Å². The Labute approximate surface area is 157 Å². The van der Waals surface area contributed by atoms with Crippen molar-refractivity contribution in [2.24, 2.45) is 5.73 Å². The van der Waals surface area contributed by atoms with Gasteiger partial charge in [0.15, 0.2) is 5.78 Å². The predicted octanol–water partition coefficient (Wildman–Crippen LogP) is 4.22. The Hall–Kier alpha value is -3.64. The number of carbonyl (C=O) groups is 2. The van der Waals surface area contributed by atoms with Crippen molar-refractivity contribution < 1.29 is 9.59 Å². The predicted molar refractivity (Wildman–Crippen MR) is 109 cm³/mol. The number of ketones is 1. The molecule has 6 heteroatoms. The summed E-state index contributed by atoms with van der Waals surface area (Å²) >= 11 is 0. The average molecular weight is 360 g/mol. The van der Waals surface area contributed by atoms with E-state index in [1.54, 1.807) is 36.4 Å². The molecule has 3 aromatic rings. The SMILES string of the molecule is NCC(=O)c1cccc(NC(=O)Nc2ccc(Nc3ccccc3)cc2)c1. The van der Waals surface area contributed by atoms with Crippen molar-refractivity contribution in [1.82, 2.24) is 0 Å². The topological polar surface area (TPSA) is 96.2 Å². The van der Waals surface area contributed by atoms with Crippen LogP contribution in [-0.4, -0.2) is 18.4 Å². The van der Waals surface area contributed by atoms with Gasteiger partial charge in [0.2, 0.25) is 0 Å². The van der Waals surface area contributed by atoms with Crippen LogP contribution in [0.5, 0.6) is 0 Å². The van der Waals surface area contributed by atoms with E-state index in [2.05, 4.69) is 16.0 Å². The van der Waals surface area contributed by atoms with Gasteiger partial charge in [-0.15, -0.1) is 0 Å². The van der Waals surface area contributed by atoms with Crippen molar-refractivity contribution in [3.63, 3.8) is 0 Å². The first kappa shape index (κ1) is 18.2.